The van der Waals surface area contributed by atoms with Gasteiger partial charge in [0.05, 0.1) is 6.04 Å². The summed E-state index contributed by atoms with van der Waals surface area (Å²) in [5, 5.41) is 5.80. The summed E-state index contributed by atoms with van der Waals surface area (Å²) in [4.78, 5) is 30.0. The lowest BCUT2D eigenvalue weighted by Gasteiger charge is -2.26. The van der Waals surface area contributed by atoms with Crippen LogP contribution in [0.2, 0.25) is 0 Å². The highest BCUT2D eigenvalue weighted by molar-refractivity contribution is 7.89. The average molecular weight is 426 g/mol. The summed E-state index contributed by atoms with van der Waals surface area (Å²) in [7, 11) is -3.61. The summed E-state index contributed by atoms with van der Waals surface area (Å²) in [5.41, 5.74) is -0.625. The number of sulfonamides is 1. The Hall–Kier alpha value is -2.24. The average Bonchev–Trinajstić information content (AvgIpc) is 3.01. The van der Waals surface area contributed by atoms with Crippen LogP contribution < -0.4 is 15.5 Å². The number of amides is 2. The van der Waals surface area contributed by atoms with Crippen LogP contribution >= 0.6 is 0 Å². The highest BCUT2D eigenvalue weighted by Gasteiger charge is 2.34. The molecule has 0 spiro atoms. The summed E-state index contributed by atoms with van der Waals surface area (Å²) in [5.74, 6) is 0.152. The number of rotatable bonds is 4. The molecule has 0 saturated carbocycles. The van der Waals surface area contributed by atoms with Crippen LogP contribution in [0.5, 0.6) is 0 Å². The molecule has 0 aliphatic carbocycles. The smallest absolute Gasteiger partial charge is 0.407 e. The third-order valence-electron chi connectivity index (χ3n) is 4.56. The van der Waals surface area contributed by atoms with Gasteiger partial charge in [-0.15, -0.1) is 0 Å². The van der Waals surface area contributed by atoms with Crippen molar-refractivity contribution in [2.75, 3.05) is 37.6 Å². The zero-order chi connectivity index (χ0) is 21.2. The van der Waals surface area contributed by atoms with Gasteiger partial charge in [-0.1, -0.05) is 0 Å². The summed E-state index contributed by atoms with van der Waals surface area (Å²) in [6.07, 6.45) is 0.818. The van der Waals surface area contributed by atoms with Gasteiger partial charge in [-0.25, -0.2) is 18.2 Å². The third-order valence-corrected chi connectivity index (χ3v) is 6.44. The van der Waals surface area contributed by atoms with E-state index in [1.165, 1.54) is 27.5 Å². The van der Waals surface area contributed by atoms with Crippen LogP contribution in [0.4, 0.5) is 10.6 Å². The fraction of sp³-hybridized carbons (Fsp3) is 0.611. The summed E-state index contributed by atoms with van der Waals surface area (Å²) < 4.78 is 32.0. The largest absolute Gasteiger partial charge is 0.444 e. The number of alkyl carbamates (subject to hydrolysis) is 1. The molecule has 2 N–H and O–H groups in total. The topological polar surface area (TPSA) is 121 Å². The minimum Gasteiger partial charge on any atom is -0.444 e. The first-order valence-electron chi connectivity index (χ1n) is 9.53. The molecule has 3 heterocycles. The summed E-state index contributed by atoms with van der Waals surface area (Å²) in [6.45, 7) is 7.57. The number of hydrogen-bond acceptors (Lipinski definition) is 7. The van der Waals surface area contributed by atoms with Crippen molar-refractivity contribution in [1.82, 2.24) is 19.9 Å². The van der Waals surface area contributed by atoms with Crippen molar-refractivity contribution in [3.8, 4) is 0 Å². The standard InChI is InChI=1S/C18H27N5O5S/c1-18(2,3)28-17(25)21-13-10-16(24)23(12-13)15-5-4-14(11-20-15)29(26,27)22-8-6-19-7-9-22/h4-5,11,13,19H,6-10,12H2,1-3H3,(H,21,25)/t13-/m1/s1. The molecule has 2 aliphatic rings. The predicted molar refractivity (Wildman–Crippen MR) is 106 cm³/mol. The maximum Gasteiger partial charge on any atom is 0.407 e. The maximum absolute atomic E-state index is 12.7. The molecule has 11 heteroatoms. The van der Waals surface area contributed by atoms with Gasteiger partial charge >= 0.3 is 6.09 Å². The number of carbonyl (C=O) groups is 2. The maximum atomic E-state index is 12.7. The molecule has 10 nitrogen and oxygen atoms in total. The van der Waals surface area contributed by atoms with Crippen molar-refractivity contribution in [2.24, 2.45) is 0 Å². The highest BCUT2D eigenvalue weighted by atomic mass is 32.2. The van der Waals surface area contributed by atoms with Crippen LogP contribution in [0.25, 0.3) is 0 Å². The lowest BCUT2D eigenvalue weighted by atomic mass is 10.2. The summed E-state index contributed by atoms with van der Waals surface area (Å²) in [6, 6.07) is 2.58. The molecule has 0 aromatic carbocycles. The molecule has 1 atom stereocenters. The van der Waals surface area contributed by atoms with Gasteiger partial charge in [0.15, 0.2) is 0 Å². The van der Waals surface area contributed by atoms with Gasteiger partial charge in [0.2, 0.25) is 15.9 Å². The van der Waals surface area contributed by atoms with Crippen LogP contribution in [-0.4, -0.2) is 74.1 Å². The van der Waals surface area contributed by atoms with E-state index in [0.717, 1.165) is 0 Å². The number of hydrogen-bond donors (Lipinski definition) is 2. The lowest BCUT2D eigenvalue weighted by molar-refractivity contribution is -0.117. The van der Waals surface area contributed by atoms with Gasteiger partial charge in [-0.2, -0.15) is 4.31 Å². The Kier molecular flexibility index (Phi) is 6.11. The Bertz CT molecular complexity index is 860. The molecule has 160 valence electrons. The van der Waals surface area contributed by atoms with Crippen molar-refractivity contribution in [3.63, 3.8) is 0 Å². The second kappa shape index (κ2) is 8.25. The number of nitrogens with zero attached hydrogens (tertiary/aromatic N) is 3. The van der Waals surface area contributed by atoms with E-state index >= 15 is 0 Å². The minimum absolute atomic E-state index is 0.0956. The van der Waals surface area contributed by atoms with Crippen LogP contribution in [0, 0.1) is 0 Å². The van der Waals surface area contributed by atoms with Gasteiger partial charge in [0.1, 0.15) is 16.3 Å². The molecular weight excluding hydrogens is 398 g/mol. The molecule has 2 fully saturated rings. The first-order valence-corrected chi connectivity index (χ1v) is 11.0. The van der Waals surface area contributed by atoms with Crippen LogP contribution in [0.1, 0.15) is 27.2 Å². The normalized spacial score (nSPS) is 21.3. The second-order valence-corrected chi connectivity index (χ2v) is 10.00. The zero-order valence-corrected chi connectivity index (χ0v) is 17.7. The number of pyridine rings is 1. The Morgan fingerprint density at radius 2 is 1.97 bits per heavy atom. The number of carbonyl (C=O) groups excluding carboxylic acids is 2. The fourth-order valence-corrected chi connectivity index (χ4v) is 4.61. The molecular formula is C18H27N5O5S. The first-order chi connectivity index (χ1) is 13.6. The Morgan fingerprint density at radius 3 is 2.55 bits per heavy atom. The van der Waals surface area contributed by atoms with Crippen molar-refractivity contribution >= 4 is 27.8 Å². The van der Waals surface area contributed by atoms with E-state index in [4.69, 9.17) is 4.74 Å². The monoisotopic (exact) mass is 425 g/mol. The quantitative estimate of drug-likeness (QED) is 0.712. The highest BCUT2D eigenvalue weighted by Crippen LogP contribution is 2.22. The molecule has 29 heavy (non-hydrogen) atoms. The molecule has 1 aromatic heterocycles. The molecule has 0 bridgehead atoms. The van der Waals surface area contributed by atoms with Crippen molar-refractivity contribution in [3.05, 3.63) is 18.3 Å². The van der Waals surface area contributed by atoms with Crippen molar-refractivity contribution in [1.29, 1.82) is 0 Å². The van der Waals surface area contributed by atoms with Gasteiger partial charge in [0, 0.05) is 45.3 Å². The fourth-order valence-electron chi connectivity index (χ4n) is 3.22. The van der Waals surface area contributed by atoms with E-state index < -0.39 is 27.8 Å². The summed E-state index contributed by atoms with van der Waals surface area (Å²) >= 11 is 0. The number of piperazine rings is 1. The minimum atomic E-state index is -3.61. The van der Waals surface area contributed by atoms with Gasteiger partial charge in [-0.05, 0) is 32.9 Å². The molecule has 0 radical (unpaired) electrons. The van der Waals surface area contributed by atoms with E-state index in [1.54, 1.807) is 20.8 Å². The SMILES string of the molecule is CC(C)(C)OC(=O)N[C@@H]1CC(=O)N(c2ccc(S(=O)(=O)N3CCNCC3)cn2)C1. The molecule has 2 aliphatic heterocycles. The van der Waals surface area contributed by atoms with Crippen LogP contribution in [0.15, 0.2) is 23.2 Å². The van der Waals surface area contributed by atoms with Crippen molar-refractivity contribution < 1.29 is 22.7 Å². The molecule has 0 unspecified atom stereocenters. The number of ether oxygens (including phenoxy) is 1. The lowest BCUT2D eigenvalue weighted by Crippen LogP contribution is -2.46. The van der Waals surface area contributed by atoms with Gasteiger partial charge < -0.3 is 15.4 Å². The van der Waals surface area contributed by atoms with Gasteiger partial charge in [-0.3, -0.25) is 9.69 Å². The third kappa shape index (κ3) is 5.22. The Morgan fingerprint density at radius 1 is 1.28 bits per heavy atom. The van der Waals surface area contributed by atoms with Crippen LogP contribution in [0.3, 0.4) is 0 Å². The molecule has 3 rings (SSSR count). The van der Waals surface area contributed by atoms with E-state index in [9.17, 15) is 18.0 Å². The van der Waals surface area contributed by atoms with Gasteiger partial charge in [0.25, 0.3) is 0 Å². The van der Waals surface area contributed by atoms with Crippen molar-refractivity contribution in [2.45, 2.75) is 43.7 Å². The van der Waals surface area contributed by atoms with E-state index in [0.29, 0.717) is 32.0 Å². The van der Waals surface area contributed by atoms with Crippen LogP contribution in [-0.2, 0) is 19.6 Å². The Balaban J connectivity index is 1.65. The van der Waals surface area contributed by atoms with E-state index in [-0.39, 0.29) is 23.8 Å². The molecule has 2 amide bonds. The molecule has 2 saturated heterocycles. The number of anilines is 1. The molecule has 1 aromatic rings. The first kappa shape index (κ1) is 21.5. The zero-order valence-electron chi connectivity index (χ0n) is 16.8. The number of aromatic nitrogens is 1. The van der Waals surface area contributed by atoms with E-state index in [1.807, 2.05) is 0 Å². The number of nitrogens with one attached hydrogen (secondary N) is 2. The Labute approximate surface area is 170 Å². The second-order valence-electron chi connectivity index (χ2n) is 8.06. The van der Waals surface area contributed by atoms with E-state index in [2.05, 4.69) is 15.6 Å². The predicted octanol–water partition coefficient (Wildman–Crippen LogP) is 0.306.